The zero-order valence-corrected chi connectivity index (χ0v) is 19.5. The van der Waals surface area contributed by atoms with Gasteiger partial charge in [0, 0.05) is 48.8 Å². The van der Waals surface area contributed by atoms with Gasteiger partial charge in [-0.15, -0.1) is 6.58 Å². The Morgan fingerprint density at radius 2 is 2.10 bits per heavy atom. The third-order valence-corrected chi connectivity index (χ3v) is 9.58. The molecular weight excluding hydrogens is 412 g/mol. The highest BCUT2D eigenvalue weighted by molar-refractivity contribution is 6.71. The number of hydrogen-bond donors (Lipinski definition) is 2. The lowest BCUT2D eigenvalue weighted by Gasteiger charge is -2.32. The first-order valence-electron chi connectivity index (χ1n) is 11.1. The van der Waals surface area contributed by atoms with Crippen LogP contribution in [0.2, 0.25) is 18.6 Å². The maximum absolute atomic E-state index is 13.8. The molecule has 2 N–H and O–H groups in total. The molecule has 3 aliphatic rings. The number of rotatable bonds is 6. The zero-order valence-electron chi connectivity index (χ0n) is 18.5. The minimum Gasteiger partial charge on any atom is -0.432 e. The van der Waals surface area contributed by atoms with E-state index in [4.69, 9.17) is 4.74 Å². The number of nitrogens with zero attached hydrogens (tertiary/aromatic N) is 2. The Labute approximate surface area is 184 Å². The third-order valence-electron chi connectivity index (χ3n) is 7.08. The summed E-state index contributed by atoms with van der Waals surface area (Å²) in [4.78, 5) is 40.7. The van der Waals surface area contributed by atoms with Gasteiger partial charge >= 0.3 is 0 Å². The van der Waals surface area contributed by atoms with Crippen molar-refractivity contribution in [2.45, 2.75) is 56.5 Å². The van der Waals surface area contributed by atoms with Crippen molar-refractivity contribution in [2.75, 3.05) is 29.5 Å². The molecule has 3 aliphatic heterocycles. The number of ether oxygens (including phenoxy) is 1. The van der Waals surface area contributed by atoms with E-state index >= 15 is 0 Å². The van der Waals surface area contributed by atoms with Crippen molar-refractivity contribution in [3.8, 4) is 0 Å². The van der Waals surface area contributed by atoms with E-state index in [1.165, 1.54) is 0 Å². The van der Waals surface area contributed by atoms with Gasteiger partial charge in [0.1, 0.15) is 0 Å². The zero-order chi connectivity index (χ0) is 22.6. The smallest absolute Gasteiger partial charge is 0.264 e. The van der Waals surface area contributed by atoms with Crippen LogP contribution < -0.4 is 9.80 Å². The fourth-order valence-electron chi connectivity index (χ4n) is 5.86. The Morgan fingerprint density at radius 3 is 2.68 bits per heavy atom. The average Bonchev–Trinajstić information content (AvgIpc) is 3.32. The van der Waals surface area contributed by atoms with Crippen LogP contribution in [-0.2, 0) is 19.9 Å². The summed E-state index contributed by atoms with van der Waals surface area (Å²) in [6.07, 6.45) is 2.99. The first-order valence-corrected chi connectivity index (χ1v) is 14.1. The molecule has 4 atom stereocenters. The number of benzene rings is 1. The maximum atomic E-state index is 13.8. The van der Waals surface area contributed by atoms with Crippen LogP contribution in [0.3, 0.4) is 0 Å². The standard InChI is InChI=1S/C23H32N2O5Si/c1-5-11-25-18-9-8-16(24-12-6-7-20(24)27)14-17(18)23(22(25)28)15(2)21(31(3,4)29)19(30-23)10-13-26/h5,8-9,14-15,19,21,26,29H,1,6-7,10-13H2,2-4H3/t15-,19+,21-,23+/m0/s1. The number of carbonyl (C=O) groups excluding carboxylic acids is 2. The topological polar surface area (TPSA) is 90.3 Å². The summed E-state index contributed by atoms with van der Waals surface area (Å²) in [7, 11) is -2.71. The van der Waals surface area contributed by atoms with Gasteiger partial charge in [0.05, 0.1) is 11.8 Å². The molecule has 0 unspecified atom stereocenters. The molecule has 0 aromatic heterocycles. The average molecular weight is 445 g/mol. The summed E-state index contributed by atoms with van der Waals surface area (Å²) in [6, 6.07) is 5.69. The molecule has 0 saturated carbocycles. The normalized spacial score (nSPS) is 30.5. The quantitative estimate of drug-likeness (QED) is 0.520. The summed E-state index contributed by atoms with van der Waals surface area (Å²) >= 11 is 0. The molecule has 0 radical (unpaired) electrons. The number of amides is 2. The molecule has 7 nitrogen and oxygen atoms in total. The highest BCUT2D eigenvalue weighted by Crippen LogP contribution is 2.60. The van der Waals surface area contributed by atoms with Gasteiger partial charge in [-0.05, 0) is 44.1 Å². The number of aliphatic hydroxyl groups is 1. The van der Waals surface area contributed by atoms with Crippen molar-refractivity contribution < 1.29 is 24.2 Å². The fraction of sp³-hybridized carbons (Fsp3) is 0.565. The van der Waals surface area contributed by atoms with Gasteiger partial charge in [-0.1, -0.05) is 13.0 Å². The van der Waals surface area contributed by atoms with E-state index in [1.807, 2.05) is 38.2 Å². The van der Waals surface area contributed by atoms with Crippen molar-refractivity contribution >= 4 is 31.5 Å². The molecule has 3 heterocycles. The minimum absolute atomic E-state index is 0.0752. The van der Waals surface area contributed by atoms with Crippen molar-refractivity contribution in [3.63, 3.8) is 0 Å². The highest BCUT2D eigenvalue weighted by Gasteiger charge is 2.66. The summed E-state index contributed by atoms with van der Waals surface area (Å²) in [5.41, 5.74) is 0.819. The van der Waals surface area contributed by atoms with Gasteiger partial charge in [0.15, 0.2) is 13.9 Å². The number of anilines is 2. The monoisotopic (exact) mass is 444 g/mol. The van der Waals surface area contributed by atoms with Crippen molar-refractivity contribution in [1.82, 2.24) is 0 Å². The highest BCUT2D eigenvalue weighted by atomic mass is 28.4. The van der Waals surface area contributed by atoms with E-state index in [0.717, 1.165) is 23.4 Å². The predicted octanol–water partition coefficient (Wildman–Crippen LogP) is 2.53. The van der Waals surface area contributed by atoms with Crippen LogP contribution >= 0.6 is 0 Å². The largest absolute Gasteiger partial charge is 0.432 e. The van der Waals surface area contributed by atoms with Crippen molar-refractivity contribution in [1.29, 1.82) is 0 Å². The SMILES string of the molecule is C=CCN1C(=O)[C@]2(O[C@H](CCO)[C@@H]([Si](C)(C)O)[C@@H]2C)c2cc(N3CCCC3=O)ccc21. The third kappa shape index (κ3) is 3.28. The van der Waals surface area contributed by atoms with Crippen LogP contribution in [0.1, 0.15) is 31.7 Å². The second-order valence-corrected chi connectivity index (χ2v) is 13.4. The van der Waals surface area contributed by atoms with E-state index in [9.17, 15) is 19.5 Å². The molecule has 2 fully saturated rings. The summed E-state index contributed by atoms with van der Waals surface area (Å²) in [5.74, 6) is -0.355. The molecule has 2 amide bonds. The van der Waals surface area contributed by atoms with Gasteiger partial charge in [0.2, 0.25) is 5.91 Å². The molecule has 4 rings (SSSR count). The van der Waals surface area contributed by atoms with Crippen molar-refractivity contribution in [2.24, 2.45) is 5.92 Å². The molecular formula is C23H32N2O5Si. The van der Waals surface area contributed by atoms with Crippen molar-refractivity contribution in [3.05, 3.63) is 36.4 Å². The summed E-state index contributed by atoms with van der Waals surface area (Å²) in [6.45, 7) is 10.4. The van der Waals surface area contributed by atoms with Gasteiger partial charge in [-0.3, -0.25) is 9.59 Å². The van der Waals surface area contributed by atoms with Gasteiger partial charge in [-0.2, -0.15) is 0 Å². The fourth-order valence-corrected chi connectivity index (χ4v) is 8.46. The van der Waals surface area contributed by atoms with E-state index in [1.54, 1.807) is 15.9 Å². The Hall–Kier alpha value is -2.00. The van der Waals surface area contributed by atoms with Gasteiger partial charge in [-0.25, -0.2) is 0 Å². The Balaban J connectivity index is 1.87. The molecule has 1 aromatic rings. The second-order valence-electron chi connectivity index (χ2n) is 9.43. The molecule has 31 heavy (non-hydrogen) atoms. The molecule has 1 spiro atoms. The molecule has 0 aliphatic carbocycles. The second kappa shape index (κ2) is 7.85. The van der Waals surface area contributed by atoms with E-state index < -0.39 is 20.0 Å². The van der Waals surface area contributed by atoms with Gasteiger partial charge in [0.25, 0.3) is 5.91 Å². The Morgan fingerprint density at radius 1 is 1.35 bits per heavy atom. The first-order chi connectivity index (χ1) is 14.7. The molecule has 1 aromatic carbocycles. The Bertz CT molecular complexity index is 914. The van der Waals surface area contributed by atoms with Crippen LogP contribution in [-0.4, -0.2) is 55.8 Å². The lowest BCUT2D eigenvalue weighted by molar-refractivity contribution is -0.146. The van der Waals surface area contributed by atoms with Crippen LogP contribution in [0.5, 0.6) is 0 Å². The van der Waals surface area contributed by atoms with Crippen LogP contribution in [0.4, 0.5) is 11.4 Å². The van der Waals surface area contributed by atoms with Crippen LogP contribution in [0, 0.1) is 5.92 Å². The maximum Gasteiger partial charge on any atom is 0.264 e. The Kier molecular flexibility index (Phi) is 5.62. The summed E-state index contributed by atoms with van der Waals surface area (Å²) < 4.78 is 6.55. The summed E-state index contributed by atoms with van der Waals surface area (Å²) in [5, 5.41) is 9.64. The van der Waals surface area contributed by atoms with E-state index in [-0.39, 0.29) is 29.9 Å². The van der Waals surface area contributed by atoms with Gasteiger partial charge < -0.3 is 24.4 Å². The number of fused-ring (bicyclic) bond motifs is 2. The number of aliphatic hydroxyl groups excluding tert-OH is 1. The number of hydrogen-bond acceptors (Lipinski definition) is 5. The van der Waals surface area contributed by atoms with Crippen LogP contribution in [0.15, 0.2) is 30.9 Å². The minimum atomic E-state index is -2.71. The molecule has 2 saturated heterocycles. The lowest BCUT2D eigenvalue weighted by atomic mass is 9.82. The first kappa shape index (κ1) is 22.2. The van der Waals surface area contributed by atoms with Crippen LogP contribution in [0.25, 0.3) is 0 Å². The molecule has 168 valence electrons. The predicted molar refractivity (Wildman–Crippen MR) is 121 cm³/mol. The molecule has 8 heteroatoms. The number of carbonyl (C=O) groups is 2. The van der Waals surface area contributed by atoms with E-state index in [0.29, 0.717) is 25.9 Å². The molecule has 0 bridgehead atoms. The lowest BCUT2D eigenvalue weighted by Crippen LogP contribution is -2.46. The van der Waals surface area contributed by atoms with E-state index in [2.05, 4.69) is 6.58 Å².